The standard InChI is InChI=1S/C10H10N4/c1-3-8-4-6-9(7-5-8)10-11-13-14(2)12-10/h3-7H,1H2,2H3. The molecular formula is C10H10N4. The van der Waals surface area contributed by atoms with Crippen LogP contribution in [-0.4, -0.2) is 20.2 Å². The van der Waals surface area contributed by atoms with E-state index < -0.39 is 0 Å². The van der Waals surface area contributed by atoms with E-state index in [1.807, 2.05) is 24.3 Å². The highest BCUT2D eigenvalue weighted by Crippen LogP contribution is 2.14. The molecule has 0 bridgehead atoms. The lowest BCUT2D eigenvalue weighted by Gasteiger charge is -1.95. The molecule has 0 aliphatic rings. The van der Waals surface area contributed by atoms with E-state index >= 15 is 0 Å². The number of hydrogen-bond acceptors (Lipinski definition) is 3. The zero-order valence-corrected chi connectivity index (χ0v) is 7.88. The van der Waals surface area contributed by atoms with Gasteiger partial charge >= 0.3 is 0 Å². The van der Waals surface area contributed by atoms with E-state index in [9.17, 15) is 0 Å². The highest BCUT2D eigenvalue weighted by Gasteiger charge is 2.02. The first kappa shape index (κ1) is 8.62. The van der Waals surface area contributed by atoms with Crippen LogP contribution in [0.3, 0.4) is 0 Å². The molecule has 1 aromatic heterocycles. The number of rotatable bonds is 2. The Bertz CT molecular complexity index is 441. The summed E-state index contributed by atoms with van der Waals surface area (Å²) in [6.45, 7) is 3.69. The fourth-order valence-electron chi connectivity index (χ4n) is 1.17. The smallest absolute Gasteiger partial charge is 0.167 e. The molecule has 0 atom stereocenters. The van der Waals surface area contributed by atoms with Crippen LogP contribution in [0.4, 0.5) is 0 Å². The van der Waals surface area contributed by atoms with Crippen molar-refractivity contribution in [3.63, 3.8) is 0 Å². The SMILES string of the molecule is C=Cc1ccc(-c2nnn(C)n2)cc1. The summed E-state index contributed by atoms with van der Waals surface area (Å²) in [6, 6.07) is 7.85. The maximum atomic E-state index is 4.11. The first-order valence-electron chi connectivity index (χ1n) is 4.26. The second kappa shape index (κ2) is 3.41. The molecule has 4 nitrogen and oxygen atoms in total. The van der Waals surface area contributed by atoms with Gasteiger partial charge in [-0.15, -0.1) is 10.2 Å². The van der Waals surface area contributed by atoms with Gasteiger partial charge in [0.25, 0.3) is 0 Å². The number of aryl methyl sites for hydroxylation is 1. The Labute approximate surface area is 81.9 Å². The van der Waals surface area contributed by atoms with Crippen LogP contribution in [0.2, 0.25) is 0 Å². The van der Waals surface area contributed by atoms with Gasteiger partial charge in [0.2, 0.25) is 5.82 Å². The van der Waals surface area contributed by atoms with Gasteiger partial charge in [0.05, 0.1) is 7.05 Å². The van der Waals surface area contributed by atoms with Crippen molar-refractivity contribution in [2.45, 2.75) is 0 Å². The molecule has 0 aliphatic carbocycles. The Balaban J connectivity index is 2.38. The van der Waals surface area contributed by atoms with Crippen LogP contribution >= 0.6 is 0 Å². The monoisotopic (exact) mass is 186 g/mol. The molecule has 0 fully saturated rings. The molecule has 0 amide bonds. The summed E-state index contributed by atoms with van der Waals surface area (Å²) in [5, 5.41) is 11.8. The van der Waals surface area contributed by atoms with E-state index in [-0.39, 0.29) is 0 Å². The Hall–Kier alpha value is -1.97. The second-order valence-corrected chi connectivity index (χ2v) is 2.93. The van der Waals surface area contributed by atoms with Crippen LogP contribution in [0.25, 0.3) is 17.5 Å². The molecule has 0 unspecified atom stereocenters. The number of benzene rings is 1. The van der Waals surface area contributed by atoms with Crippen molar-refractivity contribution >= 4 is 6.08 Å². The Kier molecular flexibility index (Phi) is 2.10. The summed E-state index contributed by atoms with van der Waals surface area (Å²) in [6.07, 6.45) is 1.80. The zero-order valence-electron chi connectivity index (χ0n) is 7.88. The van der Waals surface area contributed by atoms with Gasteiger partial charge in [-0.3, -0.25) is 0 Å². The van der Waals surface area contributed by atoms with Gasteiger partial charge in [0, 0.05) is 5.56 Å². The van der Waals surface area contributed by atoms with Crippen LogP contribution in [-0.2, 0) is 7.05 Å². The van der Waals surface area contributed by atoms with Crippen molar-refractivity contribution in [2.24, 2.45) is 7.05 Å². The average molecular weight is 186 g/mol. The molecule has 1 aromatic carbocycles. The summed E-state index contributed by atoms with van der Waals surface area (Å²) >= 11 is 0. The van der Waals surface area contributed by atoms with Crippen LogP contribution in [0, 0.1) is 0 Å². The summed E-state index contributed by atoms with van der Waals surface area (Å²) in [5.74, 6) is 0.642. The number of nitrogens with zero attached hydrogens (tertiary/aromatic N) is 4. The molecule has 4 heteroatoms. The van der Waals surface area contributed by atoms with Gasteiger partial charge < -0.3 is 0 Å². The van der Waals surface area contributed by atoms with Crippen molar-refractivity contribution in [3.8, 4) is 11.4 Å². The average Bonchev–Trinajstić information content (AvgIpc) is 2.65. The molecule has 0 saturated carbocycles. The van der Waals surface area contributed by atoms with Gasteiger partial charge in [0.15, 0.2) is 0 Å². The van der Waals surface area contributed by atoms with Crippen molar-refractivity contribution in [2.75, 3.05) is 0 Å². The normalized spacial score (nSPS) is 10.1. The van der Waals surface area contributed by atoms with E-state index in [0.29, 0.717) is 5.82 Å². The van der Waals surface area contributed by atoms with Gasteiger partial charge in [-0.2, -0.15) is 4.80 Å². The van der Waals surface area contributed by atoms with E-state index in [0.717, 1.165) is 11.1 Å². The van der Waals surface area contributed by atoms with Crippen LogP contribution in [0.5, 0.6) is 0 Å². The highest BCUT2D eigenvalue weighted by atomic mass is 15.6. The number of aromatic nitrogens is 4. The van der Waals surface area contributed by atoms with E-state index in [1.54, 1.807) is 13.1 Å². The molecule has 70 valence electrons. The first-order valence-corrected chi connectivity index (χ1v) is 4.26. The number of tetrazole rings is 1. The predicted octanol–water partition coefficient (Wildman–Crippen LogP) is 1.52. The van der Waals surface area contributed by atoms with Crippen LogP contribution in [0.1, 0.15) is 5.56 Å². The van der Waals surface area contributed by atoms with Crippen molar-refractivity contribution in [1.82, 2.24) is 20.2 Å². The first-order chi connectivity index (χ1) is 6.79. The fourth-order valence-corrected chi connectivity index (χ4v) is 1.17. The van der Waals surface area contributed by atoms with Gasteiger partial charge in [-0.05, 0) is 10.8 Å². The summed E-state index contributed by atoms with van der Waals surface area (Å²) < 4.78 is 0. The van der Waals surface area contributed by atoms with Crippen LogP contribution < -0.4 is 0 Å². The molecule has 2 rings (SSSR count). The third-order valence-corrected chi connectivity index (χ3v) is 1.91. The lowest BCUT2D eigenvalue weighted by Crippen LogP contribution is -1.91. The number of hydrogen-bond donors (Lipinski definition) is 0. The maximum Gasteiger partial charge on any atom is 0.204 e. The summed E-state index contributed by atoms with van der Waals surface area (Å²) in [4.78, 5) is 1.44. The molecule has 0 aliphatic heterocycles. The molecule has 2 aromatic rings. The van der Waals surface area contributed by atoms with Gasteiger partial charge in [-0.25, -0.2) is 0 Å². The molecular weight excluding hydrogens is 176 g/mol. The lowest BCUT2D eigenvalue weighted by atomic mass is 10.1. The van der Waals surface area contributed by atoms with Crippen LogP contribution in [0.15, 0.2) is 30.8 Å². The molecule has 14 heavy (non-hydrogen) atoms. The minimum atomic E-state index is 0.642. The maximum absolute atomic E-state index is 4.11. The van der Waals surface area contributed by atoms with E-state index in [4.69, 9.17) is 0 Å². The zero-order chi connectivity index (χ0) is 9.97. The lowest BCUT2D eigenvalue weighted by molar-refractivity contribution is 0.630. The molecule has 0 N–H and O–H groups in total. The van der Waals surface area contributed by atoms with E-state index in [2.05, 4.69) is 22.0 Å². The second-order valence-electron chi connectivity index (χ2n) is 2.93. The minimum Gasteiger partial charge on any atom is -0.167 e. The molecule has 1 heterocycles. The Morgan fingerprint density at radius 1 is 1.29 bits per heavy atom. The third-order valence-electron chi connectivity index (χ3n) is 1.91. The molecule has 0 radical (unpaired) electrons. The molecule has 0 saturated heterocycles. The van der Waals surface area contributed by atoms with Crippen molar-refractivity contribution in [1.29, 1.82) is 0 Å². The van der Waals surface area contributed by atoms with Gasteiger partial charge in [-0.1, -0.05) is 36.9 Å². The van der Waals surface area contributed by atoms with Gasteiger partial charge in [0.1, 0.15) is 0 Å². The predicted molar refractivity (Wildman–Crippen MR) is 54.3 cm³/mol. The minimum absolute atomic E-state index is 0.642. The summed E-state index contributed by atoms with van der Waals surface area (Å²) in [7, 11) is 1.74. The largest absolute Gasteiger partial charge is 0.204 e. The topological polar surface area (TPSA) is 43.6 Å². The van der Waals surface area contributed by atoms with Crippen molar-refractivity contribution in [3.05, 3.63) is 36.4 Å². The van der Waals surface area contributed by atoms with E-state index in [1.165, 1.54) is 4.80 Å². The fraction of sp³-hybridized carbons (Fsp3) is 0.100. The third kappa shape index (κ3) is 1.54. The van der Waals surface area contributed by atoms with Crippen molar-refractivity contribution < 1.29 is 0 Å². The quantitative estimate of drug-likeness (QED) is 0.714. The summed E-state index contributed by atoms with van der Waals surface area (Å²) in [5.41, 5.74) is 2.04. The Morgan fingerprint density at radius 3 is 2.50 bits per heavy atom. The highest BCUT2D eigenvalue weighted by molar-refractivity contribution is 5.58. The Morgan fingerprint density at radius 2 is 2.00 bits per heavy atom. The molecule has 0 spiro atoms.